The highest BCUT2D eigenvalue weighted by Gasteiger charge is 2.45. The van der Waals surface area contributed by atoms with Crippen LogP contribution in [0, 0.1) is 11.8 Å². The van der Waals surface area contributed by atoms with Crippen molar-refractivity contribution in [3.05, 3.63) is 35.9 Å². The maximum absolute atomic E-state index is 13.5. The van der Waals surface area contributed by atoms with Crippen LogP contribution in [0.15, 0.2) is 30.3 Å². The number of aliphatic carboxylic acids is 1. The number of hydrogen-bond donors (Lipinski definition) is 3. The van der Waals surface area contributed by atoms with Gasteiger partial charge in [0, 0.05) is 6.54 Å². The first-order valence-corrected chi connectivity index (χ1v) is 15.3. The van der Waals surface area contributed by atoms with E-state index in [0.29, 0.717) is 44.7 Å². The van der Waals surface area contributed by atoms with Gasteiger partial charge in [0.2, 0.25) is 0 Å². The zero-order valence-corrected chi connectivity index (χ0v) is 22.2. The minimum atomic E-state index is -4.02. The zero-order valence-electron chi connectivity index (χ0n) is 21.3. The molecule has 9 heteroatoms. The molecule has 2 unspecified atom stereocenters. The molecule has 1 aromatic carbocycles. The summed E-state index contributed by atoms with van der Waals surface area (Å²) in [6.45, 7) is 0.826. The molecule has 1 saturated carbocycles. The van der Waals surface area contributed by atoms with Crippen molar-refractivity contribution in [2.75, 3.05) is 19.3 Å². The van der Waals surface area contributed by atoms with Crippen LogP contribution >= 0.6 is 7.60 Å². The van der Waals surface area contributed by atoms with E-state index in [9.17, 15) is 24.2 Å². The van der Waals surface area contributed by atoms with E-state index in [1.165, 1.54) is 16.9 Å². The summed E-state index contributed by atoms with van der Waals surface area (Å²) in [7, 11) is -4.02. The van der Waals surface area contributed by atoms with Crippen LogP contribution < -0.4 is 5.73 Å². The molecule has 0 aromatic heterocycles. The van der Waals surface area contributed by atoms with Crippen LogP contribution in [0.2, 0.25) is 0 Å². The molecule has 1 aliphatic carbocycles. The van der Waals surface area contributed by atoms with Crippen LogP contribution in [0.5, 0.6) is 0 Å². The average Bonchev–Trinajstić information content (AvgIpc) is 3.33. The Kier molecular flexibility index (Phi) is 11.4. The number of aryl methyl sites for hydroxylation is 1. The quantitative estimate of drug-likeness (QED) is 0.241. The van der Waals surface area contributed by atoms with Crippen molar-refractivity contribution in [1.82, 2.24) is 4.90 Å². The number of carbonyl (C=O) groups is 2. The van der Waals surface area contributed by atoms with Crippen LogP contribution in [-0.4, -0.2) is 58.2 Å². The molecule has 2 aliphatic rings. The van der Waals surface area contributed by atoms with Crippen molar-refractivity contribution in [3.63, 3.8) is 0 Å². The van der Waals surface area contributed by atoms with Crippen LogP contribution in [0.3, 0.4) is 0 Å². The summed E-state index contributed by atoms with van der Waals surface area (Å²) in [6.07, 6.45) is 8.45. The molecule has 0 radical (unpaired) electrons. The molecule has 8 nitrogen and oxygen atoms in total. The Morgan fingerprint density at radius 2 is 1.78 bits per heavy atom. The summed E-state index contributed by atoms with van der Waals surface area (Å²) in [5.41, 5.74) is 6.78. The number of carboxylic acid groups (broad SMARTS) is 1. The van der Waals surface area contributed by atoms with Gasteiger partial charge in [0.15, 0.2) is 0 Å². The summed E-state index contributed by atoms with van der Waals surface area (Å²) in [5, 5.41) is 9.86. The lowest BCUT2D eigenvalue weighted by Gasteiger charge is -2.29. The fourth-order valence-electron chi connectivity index (χ4n) is 5.71. The van der Waals surface area contributed by atoms with E-state index in [4.69, 9.17) is 10.3 Å². The van der Waals surface area contributed by atoms with E-state index in [1.54, 1.807) is 0 Å². The minimum Gasteiger partial charge on any atom is -0.480 e. The van der Waals surface area contributed by atoms with Crippen molar-refractivity contribution in [2.24, 2.45) is 17.6 Å². The zero-order chi connectivity index (χ0) is 26.0. The van der Waals surface area contributed by atoms with E-state index in [1.807, 2.05) is 30.3 Å². The van der Waals surface area contributed by atoms with Gasteiger partial charge in [-0.3, -0.25) is 13.9 Å². The minimum absolute atomic E-state index is 0.0342. The van der Waals surface area contributed by atoms with Crippen molar-refractivity contribution in [1.29, 1.82) is 0 Å². The fourth-order valence-corrected chi connectivity index (χ4v) is 7.03. The third-order valence-corrected chi connectivity index (χ3v) is 9.17. The van der Waals surface area contributed by atoms with Gasteiger partial charge in [-0.05, 0) is 68.9 Å². The first-order chi connectivity index (χ1) is 17.3. The predicted molar refractivity (Wildman–Crippen MR) is 140 cm³/mol. The lowest BCUT2D eigenvalue weighted by Crippen LogP contribution is -2.46. The molecule has 1 saturated heterocycles. The number of benzene rings is 1. The van der Waals surface area contributed by atoms with Gasteiger partial charge in [-0.15, -0.1) is 0 Å². The molecular weight excluding hydrogens is 479 g/mol. The molecule has 0 spiro atoms. The second-order valence-electron chi connectivity index (χ2n) is 10.4. The van der Waals surface area contributed by atoms with Crippen LogP contribution in [-0.2, 0) is 25.1 Å². The van der Waals surface area contributed by atoms with Crippen molar-refractivity contribution >= 4 is 19.5 Å². The Balaban J connectivity index is 1.62. The number of carbonyl (C=O) groups excluding carboxylic acids is 1. The number of unbranched alkanes of at least 4 members (excludes halogenated alkanes) is 2. The number of carboxylic acids is 1. The fraction of sp³-hybridized carbons (Fsp3) is 0.704. The summed E-state index contributed by atoms with van der Waals surface area (Å²) < 4.78 is 18.5. The molecule has 2 fully saturated rings. The molecule has 36 heavy (non-hydrogen) atoms. The Morgan fingerprint density at radius 1 is 1.06 bits per heavy atom. The predicted octanol–water partition coefficient (Wildman–Crippen LogP) is 4.59. The monoisotopic (exact) mass is 522 g/mol. The van der Waals surface area contributed by atoms with Gasteiger partial charge in [0.05, 0.1) is 6.16 Å². The van der Waals surface area contributed by atoms with Crippen LogP contribution in [0.25, 0.3) is 0 Å². The third-order valence-electron chi connectivity index (χ3n) is 7.70. The summed E-state index contributed by atoms with van der Waals surface area (Å²) in [6, 6.07) is 9.03. The Hall–Kier alpha value is -1.73. The van der Waals surface area contributed by atoms with Crippen LogP contribution in [0.1, 0.15) is 76.2 Å². The highest BCUT2D eigenvalue weighted by Crippen LogP contribution is 2.46. The number of nitrogens with two attached hydrogens (primary N) is 1. The third kappa shape index (κ3) is 8.69. The smallest absolute Gasteiger partial charge is 0.328 e. The number of amides is 1. The molecule has 1 aromatic rings. The normalized spacial score (nSPS) is 23.3. The molecular formula is C27H43N2O6P. The molecule has 1 heterocycles. The number of nitrogens with zero attached hydrogens (tertiary/aromatic N) is 1. The number of rotatable bonds is 14. The molecule has 4 atom stereocenters. The van der Waals surface area contributed by atoms with Gasteiger partial charge in [-0.1, -0.05) is 62.4 Å². The summed E-state index contributed by atoms with van der Waals surface area (Å²) >= 11 is 0. The Morgan fingerprint density at radius 3 is 2.44 bits per heavy atom. The van der Waals surface area contributed by atoms with Crippen LogP contribution in [0.4, 0.5) is 0 Å². The molecule has 202 valence electrons. The largest absolute Gasteiger partial charge is 0.480 e. The lowest BCUT2D eigenvalue weighted by atomic mass is 9.79. The first-order valence-electron chi connectivity index (χ1n) is 13.6. The molecule has 1 amide bonds. The number of hydrogen-bond acceptors (Lipinski definition) is 5. The highest BCUT2D eigenvalue weighted by atomic mass is 31.2. The van der Waals surface area contributed by atoms with E-state index >= 15 is 0 Å². The average molecular weight is 523 g/mol. The van der Waals surface area contributed by atoms with Crippen molar-refractivity contribution in [2.45, 2.75) is 89.2 Å². The topological polar surface area (TPSA) is 130 Å². The van der Waals surface area contributed by atoms with Gasteiger partial charge in [0.25, 0.3) is 5.91 Å². The van der Waals surface area contributed by atoms with Crippen molar-refractivity contribution in [3.8, 4) is 0 Å². The molecule has 4 N–H and O–H groups in total. The van der Waals surface area contributed by atoms with Gasteiger partial charge < -0.3 is 20.6 Å². The van der Waals surface area contributed by atoms with Gasteiger partial charge in [-0.2, -0.15) is 0 Å². The second-order valence-corrected chi connectivity index (χ2v) is 12.4. The molecule has 1 aliphatic heterocycles. The Bertz CT molecular complexity index is 876. The van der Waals surface area contributed by atoms with Gasteiger partial charge >= 0.3 is 13.6 Å². The number of likely N-dealkylation sites (tertiary alicyclic amines) is 1. The summed E-state index contributed by atoms with van der Waals surface area (Å²) in [5.74, 6) is -0.908. The van der Waals surface area contributed by atoms with E-state index < -0.39 is 31.6 Å². The van der Waals surface area contributed by atoms with Crippen molar-refractivity contribution < 1.29 is 28.7 Å². The van der Waals surface area contributed by atoms with Gasteiger partial charge in [-0.25, -0.2) is 4.79 Å². The standard InChI is InChI=1S/C27H43N2O6P/c28-17-9-7-16-25(35-36(33,34)18-10-8-13-21-11-3-1-4-12-21)26(30)29-20-23(19-24(29)27(31)32)22-14-5-2-6-15-22/h1,3-4,11-12,22-25H,2,5-10,13-20,28H2,(H,31,32)(H,33,34)/t23-,24?,25+/m1/s1. The summed E-state index contributed by atoms with van der Waals surface area (Å²) in [4.78, 5) is 37.6. The van der Waals surface area contributed by atoms with Gasteiger partial charge in [0.1, 0.15) is 12.1 Å². The maximum Gasteiger partial charge on any atom is 0.328 e. The highest BCUT2D eigenvalue weighted by molar-refractivity contribution is 7.52. The van der Waals surface area contributed by atoms with E-state index in [-0.39, 0.29) is 18.5 Å². The van der Waals surface area contributed by atoms with E-state index in [0.717, 1.165) is 38.5 Å². The molecule has 0 bridgehead atoms. The lowest BCUT2D eigenvalue weighted by molar-refractivity contribution is -0.151. The molecule has 3 rings (SSSR count). The Labute approximate surface area is 215 Å². The first kappa shape index (κ1) is 28.8. The second kappa shape index (κ2) is 14.3. The maximum atomic E-state index is 13.5. The SMILES string of the molecule is NCCCC[C@H](OP(=O)(O)CCCCc1ccccc1)C(=O)N1C[C@H](C2CCCCC2)CC1C(=O)O. The van der Waals surface area contributed by atoms with E-state index in [2.05, 4.69) is 0 Å².